The second kappa shape index (κ2) is 4.12. The first-order valence-corrected chi connectivity index (χ1v) is 5.59. The largest absolute Gasteiger partial charge is 0.408 e. The van der Waals surface area contributed by atoms with Crippen molar-refractivity contribution in [3.63, 3.8) is 0 Å². The molecule has 1 heterocycles. The Balaban J connectivity index is 2.41. The third-order valence-corrected chi connectivity index (χ3v) is 3.40. The fourth-order valence-corrected chi connectivity index (χ4v) is 2.35. The summed E-state index contributed by atoms with van der Waals surface area (Å²) in [5, 5.41) is 2.19. The van der Waals surface area contributed by atoms with Gasteiger partial charge in [-0.1, -0.05) is 0 Å². The molecule has 1 atom stereocenters. The molecular weight excluding hydrogens is 309 g/mol. The highest BCUT2D eigenvalue weighted by atomic mass is 79.9. The molecule has 1 aromatic carbocycles. The molecule has 2 rings (SSSR count). The maximum atomic E-state index is 13.2. The molecule has 0 saturated heterocycles. The lowest BCUT2D eigenvalue weighted by Crippen LogP contribution is -2.39. The summed E-state index contributed by atoms with van der Waals surface area (Å²) < 4.78 is 63.5. The molecule has 0 aromatic heterocycles. The number of hydrogen-bond donors (Lipinski definition) is 1. The fraction of sp³-hybridized carbons (Fsp3) is 0.400. The molecule has 0 spiro atoms. The number of benzene rings is 1. The Hall–Kier alpha value is -0.850. The molecule has 7 heteroatoms. The lowest BCUT2D eigenvalue weighted by molar-refractivity contribution is -0.144. The van der Waals surface area contributed by atoms with Crippen LogP contribution in [0.1, 0.15) is 12.0 Å². The van der Waals surface area contributed by atoms with Crippen LogP contribution in [-0.2, 0) is 6.42 Å². The van der Waals surface area contributed by atoms with Gasteiger partial charge in [0.2, 0.25) is 0 Å². The zero-order valence-corrected chi connectivity index (χ0v) is 9.92. The molecule has 0 bridgehead atoms. The second-order valence-corrected chi connectivity index (χ2v) is 4.59. The second-order valence-electron chi connectivity index (χ2n) is 3.80. The van der Waals surface area contributed by atoms with E-state index in [1.807, 2.05) is 0 Å². The van der Waals surface area contributed by atoms with Gasteiger partial charge < -0.3 is 5.32 Å². The van der Waals surface area contributed by atoms with Crippen molar-refractivity contribution in [1.82, 2.24) is 0 Å². The minimum absolute atomic E-state index is 0.0162. The van der Waals surface area contributed by atoms with E-state index in [2.05, 4.69) is 21.2 Å². The Kier molecular flexibility index (Phi) is 3.05. The molecule has 0 saturated carbocycles. The topological polar surface area (TPSA) is 12.0 Å². The summed E-state index contributed by atoms with van der Waals surface area (Å²) in [6.45, 7) is 0. The highest BCUT2D eigenvalue weighted by Gasteiger charge is 2.42. The molecule has 1 aliphatic rings. The number of rotatable bonds is 0. The first-order chi connectivity index (χ1) is 7.80. The van der Waals surface area contributed by atoms with Gasteiger partial charge in [0.1, 0.15) is 6.04 Å². The van der Waals surface area contributed by atoms with E-state index in [-0.39, 0.29) is 23.0 Å². The van der Waals surface area contributed by atoms with Gasteiger partial charge in [-0.25, -0.2) is 8.78 Å². The molecule has 0 amide bonds. The van der Waals surface area contributed by atoms with E-state index >= 15 is 0 Å². The number of aryl methyl sites for hydroxylation is 1. The van der Waals surface area contributed by atoms with Crippen LogP contribution in [0, 0.1) is 11.6 Å². The molecule has 1 unspecified atom stereocenters. The van der Waals surface area contributed by atoms with Crippen molar-refractivity contribution in [2.45, 2.75) is 25.1 Å². The molecule has 1 aliphatic heterocycles. The van der Waals surface area contributed by atoms with Crippen LogP contribution in [0.4, 0.5) is 27.6 Å². The summed E-state index contributed by atoms with van der Waals surface area (Å²) >= 11 is 2.77. The zero-order valence-electron chi connectivity index (χ0n) is 8.34. The van der Waals surface area contributed by atoms with Gasteiger partial charge in [0.25, 0.3) is 0 Å². The molecule has 0 aliphatic carbocycles. The van der Waals surface area contributed by atoms with Crippen LogP contribution in [0.3, 0.4) is 0 Å². The predicted octanol–water partition coefficient (Wildman–Crippen LogP) is 4.02. The molecule has 1 nitrogen and oxygen atoms in total. The molecule has 1 aromatic rings. The first kappa shape index (κ1) is 12.6. The minimum Gasteiger partial charge on any atom is -0.373 e. The van der Waals surface area contributed by atoms with E-state index in [1.165, 1.54) is 0 Å². The number of nitrogens with one attached hydrogen (secondary N) is 1. The highest BCUT2D eigenvalue weighted by Crippen LogP contribution is 2.39. The maximum absolute atomic E-state index is 13.2. The number of halogens is 6. The monoisotopic (exact) mass is 315 g/mol. The van der Waals surface area contributed by atoms with Gasteiger partial charge in [-0.3, -0.25) is 0 Å². The lowest BCUT2D eigenvalue weighted by Gasteiger charge is -2.29. The molecule has 1 N–H and O–H groups in total. The van der Waals surface area contributed by atoms with E-state index in [4.69, 9.17) is 0 Å². The standard InChI is InChI=1S/C10H7BrF5N/c11-7-8(13)5(12)3-4-1-2-6(10(14,15)16)17-9(4)7/h3,6,17H,1-2H2. The Bertz CT molecular complexity index is 457. The number of fused-ring (bicyclic) bond motifs is 1. The van der Waals surface area contributed by atoms with Gasteiger partial charge in [0, 0.05) is 0 Å². The van der Waals surface area contributed by atoms with E-state index in [0.29, 0.717) is 5.56 Å². The average Bonchev–Trinajstić information content (AvgIpc) is 2.24. The van der Waals surface area contributed by atoms with Gasteiger partial charge in [0.05, 0.1) is 10.2 Å². The van der Waals surface area contributed by atoms with Crippen molar-refractivity contribution in [3.8, 4) is 0 Å². The normalized spacial score (nSPS) is 19.8. The van der Waals surface area contributed by atoms with Crippen molar-refractivity contribution in [2.24, 2.45) is 0 Å². The summed E-state index contributed by atoms with van der Waals surface area (Å²) in [4.78, 5) is 0. The molecule has 0 radical (unpaired) electrons. The summed E-state index contributed by atoms with van der Waals surface area (Å²) in [6.07, 6.45) is -4.53. The van der Waals surface area contributed by atoms with Crippen LogP contribution in [0.2, 0.25) is 0 Å². The van der Waals surface area contributed by atoms with Gasteiger partial charge in [0.15, 0.2) is 11.6 Å². The smallest absolute Gasteiger partial charge is 0.373 e. The van der Waals surface area contributed by atoms with Crippen molar-refractivity contribution in [1.29, 1.82) is 0 Å². The van der Waals surface area contributed by atoms with Crippen LogP contribution in [0.15, 0.2) is 10.5 Å². The third kappa shape index (κ3) is 2.25. The fourth-order valence-electron chi connectivity index (χ4n) is 1.79. The number of hydrogen-bond acceptors (Lipinski definition) is 1. The Morgan fingerprint density at radius 1 is 1.29 bits per heavy atom. The van der Waals surface area contributed by atoms with Crippen LogP contribution in [-0.4, -0.2) is 12.2 Å². The lowest BCUT2D eigenvalue weighted by atomic mass is 9.97. The van der Waals surface area contributed by atoms with E-state index in [9.17, 15) is 22.0 Å². The van der Waals surface area contributed by atoms with Crippen LogP contribution in [0.25, 0.3) is 0 Å². The molecular formula is C10H7BrF5N. The summed E-state index contributed by atoms with van der Waals surface area (Å²) in [7, 11) is 0. The molecule has 94 valence electrons. The van der Waals surface area contributed by atoms with E-state index in [1.54, 1.807) is 0 Å². The van der Waals surface area contributed by atoms with Gasteiger partial charge >= 0.3 is 6.18 Å². The van der Waals surface area contributed by atoms with Crippen molar-refractivity contribution in [3.05, 3.63) is 27.7 Å². The Morgan fingerprint density at radius 3 is 2.53 bits per heavy atom. The van der Waals surface area contributed by atoms with Crippen molar-refractivity contribution < 1.29 is 22.0 Å². The zero-order chi connectivity index (χ0) is 12.8. The SMILES string of the molecule is Fc1cc2c(c(Br)c1F)NC(C(F)(F)F)CC2. The maximum Gasteiger partial charge on any atom is 0.408 e. The van der Waals surface area contributed by atoms with Crippen LogP contribution >= 0.6 is 15.9 Å². The average molecular weight is 316 g/mol. The first-order valence-electron chi connectivity index (χ1n) is 4.80. The van der Waals surface area contributed by atoms with Crippen LogP contribution < -0.4 is 5.32 Å². The number of anilines is 1. The van der Waals surface area contributed by atoms with E-state index in [0.717, 1.165) is 6.07 Å². The van der Waals surface area contributed by atoms with Gasteiger partial charge in [-0.2, -0.15) is 13.2 Å². The van der Waals surface area contributed by atoms with Crippen molar-refractivity contribution in [2.75, 3.05) is 5.32 Å². The summed E-state index contributed by atoms with van der Waals surface area (Å²) in [6, 6.07) is -0.800. The summed E-state index contributed by atoms with van der Waals surface area (Å²) in [5.41, 5.74) is 0.328. The molecule has 17 heavy (non-hydrogen) atoms. The quantitative estimate of drug-likeness (QED) is 0.563. The Morgan fingerprint density at radius 2 is 1.94 bits per heavy atom. The van der Waals surface area contributed by atoms with E-state index < -0.39 is 23.9 Å². The summed E-state index contributed by atoms with van der Waals surface area (Å²) in [5.74, 6) is -2.25. The van der Waals surface area contributed by atoms with Crippen molar-refractivity contribution >= 4 is 21.6 Å². The van der Waals surface area contributed by atoms with Crippen LogP contribution in [0.5, 0.6) is 0 Å². The number of alkyl halides is 3. The van der Waals surface area contributed by atoms with Gasteiger partial charge in [-0.05, 0) is 40.4 Å². The molecule has 0 fully saturated rings. The predicted molar refractivity (Wildman–Crippen MR) is 55.8 cm³/mol. The highest BCUT2D eigenvalue weighted by molar-refractivity contribution is 9.10. The third-order valence-electron chi connectivity index (χ3n) is 2.66. The minimum atomic E-state index is -4.40. The van der Waals surface area contributed by atoms with Gasteiger partial charge in [-0.15, -0.1) is 0 Å². The Labute approximate surface area is 102 Å².